The van der Waals surface area contributed by atoms with E-state index in [-0.39, 0.29) is 0 Å². The van der Waals surface area contributed by atoms with Gasteiger partial charge in [-0.15, -0.1) is 0 Å². The van der Waals surface area contributed by atoms with E-state index in [1.165, 1.54) is 45.3 Å². The van der Waals surface area contributed by atoms with Crippen LogP contribution >= 0.6 is 0 Å². The van der Waals surface area contributed by atoms with Crippen molar-refractivity contribution >= 4 is 0 Å². The van der Waals surface area contributed by atoms with Crippen LogP contribution in [0.3, 0.4) is 0 Å². The molecular weight excluding hydrogens is 122 g/mol. The first-order valence-corrected chi connectivity index (χ1v) is 4.57. The van der Waals surface area contributed by atoms with Gasteiger partial charge in [-0.05, 0) is 24.8 Å². The molecule has 1 heterocycles. The first-order valence-electron chi connectivity index (χ1n) is 4.57. The van der Waals surface area contributed by atoms with Gasteiger partial charge in [0.2, 0.25) is 0 Å². The van der Waals surface area contributed by atoms with E-state index in [1.54, 1.807) is 0 Å². The van der Waals surface area contributed by atoms with Crippen molar-refractivity contribution in [1.29, 1.82) is 0 Å². The quantitative estimate of drug-likeness (QED) is 0.536. The maximum absolute atomic E-state index is 2.56. The van der Waals surface area contributed by atoms with Crippen molar-refractivity contribution < 1.29 is 0 Å². The van der Waals surface area contributed by atoms with Gasteiger partial charge in [-0.25, -0.2) is 0 Å². The summed E-state index contributed by atoms with van der Waals surface area (Å²) in [4.78, 5) is 2.56. The van der Waals surface area contributed by atoms with Gasteiger partial charge in [0.1, 0.15) is 0 Å². The van der Waals surface area contributed by atoms with Crippen LogP contribution in [0.25, 0.3) is 0 Å². The lowest BCUT2D eigenvalue weighted by Crippen LogP contribution is -2.54. The van der Waals surface area contributed by atoms with Crippen molar-refractivity contribution in [3.8, 4) is 0 Å². The topological polar surface area (TPSA) is 3.24 Å². The van der Waals surface area contributed by atoms with E-state index in [4.69, 9.17) is 0 Å². The largest absolute Gasteiger partial charge is 0.302 e. The minimum atomic E-state index is 0.815. The first-order chi connectivity index (χ1) is 4.85. The highest BCUT2D eigenvalue weighted by Crippen LogP contribution is 2.44. The fraction of sp³-hybridized carbons (Fsp3) is 1.00. The summed E-state index contributed by atoms with van der Waals surface area (Å²) in [5.74, 6) is 0. The summed E-state index contributed by atoms with van der Waals surface area (Å²) in [6, 6.07) is 0. The van der Waals surface area contributed by atoms with Crippen LogP contribution in [0.4, 0.5) is 0 Å². The summed E-state index contributed by atoms with van der Waals surface area (Å²) in [7, 11) is 0. The zero-order valence-corrected chi connectivity index (χ0v) is 6.90. The Morgan fingerprint density at radius 1 is 1.20 bits per heavy atom. The van der Waals surface area contributed by atoms with Gasteiger partial charge in [0, 0.05) is 13.1 Å². The molecule has 1 heteroatoms. The summed E-state index contributed by atoms with van der Waals surface area (Å²) < 4.78 is 0. The van der Waals surface area contributed by atoms with Gasteiger partial charge in [0.05, 0.1) is 0 Å². The molecule has 1 aliphatic carbocycles. The van der Waals surface area contributed by atoms with Gasteiger partial charge in [-0.2, -0.15) is 0 Å². The number of hydrogen-bond acceptors (Lipinski definition) is 1. The third kappa shape index (κ3) is 0.878. The Balaban J connectivity index is 1.86. The minimum Gasteiger partial charge on any atom is -0.302 e. The van der Waals surface area contributed by atoms with Crippen LogP contribution in [-0.2, 0) is 0 Å². The molecule has 1 saturated heterocycles. The number of hydrogen-bond donors (Lipinski definition) is 0. The molecule has 1 aliphatic heterocycles. The number of nitrogens with zero attached hydrogens (tertiary/aromatic N) is 1. The SMILES string of the molecule is CCN1CC2(CCCC2)C1. The predicted molar refractivity (Wildman–Crippen MR) is 43.0 cm³/mol. The molecule has 10 heavy (non-hydrogen) atoms. The smallest absolute Gasteiger partial charge is 0.00504 e. The maximum atomic E-state index is 2.56. The van der Waals surface area contributed by atoms with E-state index in [1.807, 2.05) is 0 Å². The van der Waals surface area contributed by atoms with Crippen LogP contribution in [0.1, 0.15) is 32.6 Å². The monoisotopic (exact) mass is 139 g/mol. The summed E-state index contributed by atoms with van der Waals surface area (Å²) in [6.07, 6.45) is 6.03. The molecule has 0 unspecified atom stereocenters. The summed E-state index contributed by atoms with van der Waals surface area (Å²) >= 11 is 0. The van der Waals surface area contributed by atoms with Gasteiger partial charge >= 0.3 is 0 Å². The molecule has 0 aromatic carbocycles. The van der Waals surface area contributed by atoms with Gasteiger partial charge < -0.3 is 4.90 Å². The fourth-order valence-corrected chi connectivity index (χ4v) is 2.57. The molecule has 0 atom stereocenters. The zero-order valence-electron chi connectivity index (χ0n) is 6.90. The van der Waals surface area contributed by atoms with Gasteiger partial charge in [-0.1, -0.05) is 19.8 Å². The Morgan fingerprint density at radius 2 is 1.80 bits per heavy atom. The predicted octanol–water partition coefficient (Wildman–Crippen LogP) is 1.88. The van der Waals surface area contributed by atoms with Crippen molar-refractivity contribution in [2.24, 2.45) is 5.41 Å². The van der Waals surface area contributed by atoms with Gasteiger partial charge in [0.25, 0.3) is 0 Å². The van der Waals surface area contributed by atoms with Crippen molar-refractivity contribution in [1.82, 2.24) is 4.90 Å². The third-order valence-corrected chi connectivity index (χ3v) is 3.23. The summed E-state index contributed by atoms with van der Waals surface area (Å²) in [5.41, 5.74) is 0.815. The van der Waals surface area contributed by atoms with E-state index >= 15 is 0 Å². The van der Waals surface area contributed by atoms with E-state index < -0.39 is 0 Å². The number of rotatable bonds is 1. The third-order valence-electron chi connectivity index (χ3n) is 3.23. The lowest BCUT2D eigenvalue weighted by atomic mass is 9.78. The molecule has 1 spiro atoms. The molecule has 0 radical (unpaired) electrons. The summed E-state index contributed by atoms with van der Waals surface area (Å²) in [6.45, 7) is 6.34. The standard InChI is InChI=1S/C9H17N/c1-2-10-7-9(8-10)5-3-4-6-9/h2-8H2,1H3. The average molecular weight is 139 g/mol. The van der Waals surface area contributed by atoms with Crippen LogP contribution in [0, 0.1) is 5.41 Å². The Kier molecular flexibility index (Phi) is 1.48. The van der Waals surface area contributed by atoms with E-state index in [9.17, 15) is 0 Å². The van der Waals surface area contributed by atoms with Crippen molar-refractivity contribution in [3.63, 3.8) is 0 Å². The Hall–Kier alpha value is -0.0400. The minimum absolute atomic E-state index is 0.815. The molecule has 0 amide bonds. The zero-order chi connectivity index (χ0) is 7.03. The number of likely N-dealkylation sites (tertiary alicyclic amines) is 1. The second kappa shape index (κ2) is 2.23. The highest BCUT2D eigenvalue weighted by Gasteiger charge is 2.43. The Bertz CT molecular complexity index is 117. The second-order valence-corrected chi connectivity index (χ2v) is 4.01. The molecule has 0 bridgehead atoms. The Morgan fingerprint density at radius 3 is 2.30 bits per heavy atom. The molecule has 2 fully saturated rings. The van der Waals surface area contributed by atoms with Crippen molar-refractivity contribution in [2.45, 2.75) is 32.6 Å². The van der Waals surface area contributed by atoms with Crippen LogP contribution in [-0.4, -0.2) is 24.5 Å². The van der Waals surface area contributed by atoms with E-state index in [0.717, 1.165) is 5.41 Å². The molecule has 0 N–H and O–H groups in total. The van der Waals surface area contributed by atoms with Crippen LogP contribution < -0.4 is 0 Å². The lowest BCUT2D eigenvalue weighted by molar-refractivity contribution is 0.0108. The van der Waals surface area contributed by atoms with Crippen LogP contribution in [0.5, 0.6) is 0 Å². The average Bonchev–Trinajstić information content (AvgIpc) is 2.30. The van der Waals surface area contributed by atoms with E-state index in [2.05, 4.69) is 11.8 Å². The van der Waals surface area contributed by atoms with Crippen molar-refractivity contribution in [3.05, 3.63) is 0 Å². The first kappa shape index (κ1) is 6.66. The molecule has 1 nitrogen and oxygen atoms in total. The fourth-order valence-electron chi connectivity index (χ4n) is 2.57. The van der Waals surface area contributed by atoms with Crippen molar-refractivity contribution in [2.75, 3.05) is 19.6 Å². The van der Waals surface area contributed by atoms with Crippen LogP contribution in [0.2, 0.25) is 0 Å². The van der Waals surface area contributed by atoms with Gasteiger partial charge in [-0.3, -0.25) is 0 Å². The molecule has 0 aromatic rings. The molecule has 2 aliphatic rings. The Labute approximate surface area is 63.4 Å². The lowest BCUT2D eigenvalue weighted by Gasteiger charge is -2.48. The summed E-state index contributed by atoms with van der Waals surface area (Å²) in [5, 5.41) is 0. The van der Waals surface area contributed by atoms with Gasteiger partial charge in [0.15, 0.2) is 0 Å². The molecule has 58 valence electrons. The van der Waals surface area contributed by atoms with Crippen LogP contribution in [0.15, 0.2) is 0 Å². The maximum Gasteiger partial charge on any atom is 0.00504 e. The second-order valence-electron chi connectivity index (χ2n) is 4.01. The normalized spacial score (nSPS) is 30.9. The molecular formula is C9H17N. The molecule has 1 saturated carbocycles. The molecule has 0 aromatic heterocycles. The van der Waals surface area contributed by atoms with E-state index in [0.29, 0.717) is 0 Å². The highest BCUT2D eigenvalue weighted by atomic mass is 15.2. The highest BCUT2D eigenvalue weighted by molar-refractivity contribution is 4.97. The molecule has 2 rings (SSSR count).